The summed E-state index contributed by atoms with van der Waals surface area (Å²) in [6, 6.07) is 9.27. The quantitative estimate of drug-likeness (QED) is 0.648. The zero-order valence-corrected chi connectivity index (χ0v) is 15.1. The fourth-order valence-electron chi connectivity index (χ4n) is 3.09. The van der Waals surface area contributed by atoms with Gasteiger partial charge >= 0.3 is 0 Å². The van der Waals surface area contributed by atoms with Crippen LogP contribution in [0.4, 0.5) is 0 Å². The van der Waals surface area contributed by atoms with E-state index < -0.39 is 0 Å². The lowest BCUT2D eigenvalue weighted by molar-refractivity contribution is 0.141. The minimum atomic E-state index is 0.650. The highest BCUT2D eigenvalue weighted by atomic mass is 15.2. The van der Waals surface area contributed by atoms with Crippen molar-refractivity contribution in [1.82, 2.24) is 15.5 Å². The summed E-state index contributed by atoms with van der Waals surface area (Å²) in [7, 11) is 1.84. The van der Waals surface area contributed by atoms with E-state index in [1.165, 1.54) is 37.1 Å². The molecule has 2 N–H and O–H groups in total. The molecule has 1 aromatic rings. The Morgan fingerprint density at radius 1 is 1.26 bits per heavy atom. The van der Waals surface area contributed by atoms with Crippen LogP contribution in [0.1, 0.15) is 37.8 Å². The molecule has 0 aromatic heterocycles. The van der Waals surface area contributed by atoms with Crippen LogP contribution < -0.4 is 10.6 Å². The predicted molar refractivity (Wildman–Crippen MR) is 98.8 cm³/mol. The fraction of sp³-hybridized carbons (Fsp3) is 0.632. The van der Waals surface area contributed by atoms with Crippen LogP contribution in [0.15, 0.2) is 29.3 Å². The van der Waals surface area contributed by atoms with Crippen molar-refractivity contribution in [2.45, 2.75) is 46.2 Å². The number of nitrogens with one attached hydrogen (secondary N) is 2. The third-order valence-corrected chi connectivity index (χ3v) is 4.64. The number of rotatable bonds is 5. The Kier molecular flexibility index (Phi) is 6.90. The second kappa shape index (κ2) is 8.92. The van der Waals surface area contributed by atoms with Crippen molar-refractivity contribution in [1.29, 1.82) is 0 Å². The van der Waals surface area contributed by atoms with Gasteiger partial charge < -0.3 is 15.5 Å². The lowest BCUT2D eigenvalue weighted by atomic mass is 9.97. The van der Waals surface area contributed by atoms with Gasteiger partial charge in [0, 0.05) is 32.7 Å². The molecule has 0 aliphatic carbocycles. The molecule has 0 spiro atoms. The van der Waals surface area contributed by atoms with Gasteiger partial charge in [-0.05, 0) is 51.6 Å². The molecule has 0 amide bonds. The van der Waals surface area contributed by atoms with Gasteiger partial charge in [0.2, 0.25) is 0 Å². The molecule has 0 radical (unpaired) electrons. The molecule has 128 valence electrons. The first-order valence-electron chi connectivity index (χ1n) is 8.82. The summed E-state index contributed by atoms with van der Waals surface area (Å²) in [5.41, 5.74) is 2.57. The Morgan fingerprint density at radius 3 is 2.65 bits per heavy atom. The molecule has 1 atom stereocenters. The number of hydrogen-bond donors (Lipinski definition) is 2. The van der Waals surface area contributed by atoms with Crippen LogP contribution in [0.25, 0.3) is 0 Å². The SMILES string of the molecule is CN=C(NCc1ccc(C)cc1)NCC1CCCN(C(C)C)C1. The summed E-state index contributed by atoms with van der Waals surface area (Å²) in [5, 5.41) is 6.90. The monoisotopic (exact) mass is 316 g/mol. The van der Waals surface area contributed by atoms with Gasteiger partial charge in [-0.3, -0.25) is 4.99 Å². The van der Waals surface area contributed by atoms with E-state index in [1.54, 1.807) is 0 Å². The zero-order valence-electron chi connectivity index (χ0n) is 15.1. The van der Waals surface area contributed by atoms with Crippen molar-refractivity contribution < 1.29 is 0 Å². The van der Waals surface area contributed by atoms with Crippen LogP contribution in [0, 0.1) is 12.8 Å². The number of hydrogen-bond acceptors (Lipinski definition) is 2. The Balaban J connectivity index is 1.75. The van der Waals surface area contributed by atoms with E-state index in [9.17, 15) is 0 Å². The second-order valence-electron chi connectivity index (χ2n) is 6.89. The van der Waals surface area contributed by atoms with Crippen LogP contribution in [-0.4, -0.2) is 43.6 Å². The van der Waals surface area contributed by atoms with Crippen molar-refractivity contribution in [2.24, 2.45) is 10.9 Å². The van der Waals surface area contributed by atoms with E-state index in [0.29, 0.717) is 12.0 Å². The molecule has 0 saturated carbocycles. The van der Waals surface area contributed by atoms with Crippen molar-refractivity contribution in [3.05, 3.63) is 35.4 Å². The summed E-state index contributed by atoms with van der Waals surface area (Å²) >= 11 is 0. The standard InChI is InChI=1S/C19H32N4/c1-15(2)23-11-5-6-18(14-23)13-22-19(20-4)21-12-17-9-7-16(3)8-10-17/h7-10,15,18H,5-6,11-14H2,1-4H3,(H2,20,21,22). The molecule has 1 aliphatic rings. The molecule has 1 fully saturated rings. The van der Waals surface area contributed by atoms with E-state index in [4.69, 9.17) is 0 Å². The predicted octanol–water partition coefficient (Wildman–Crippen LogP) is 2.78. The van der Waals surface area contributed by atoms with E-state index >= 15 is 0 Å². The highest BCUT2D eigenvalue weighted by molar-refractivity contribution is 5.79. The summed E-state index contributed by atoms with van der Waals surface area (Å²) in [6.45, 7) is 10.9. The maximum Gasteiger partial charge on any atom is 0.191 e. The van der Waals surface area contributed by atoms with Gasteiger partial charge in [-0.15, -0.1) is 0 Å². The van der Waals surface area contributed by atoms with Gasteiger partial charge in [0.25, 0.3) is 0 Å². The summed E-state index contributed by atoms with van der Waals surface area (Å²) in [4.78, 5) is 6.92. The molecular weight excluding hydrogens is 284 g/mol. The van der Waals surface area contributed by atoms with Crippen molar-refractivity contribution in [2.75, 3.05) is 26.7 Å². The molecule has 1 unspecified atom stereocenters. The maximum atomic E-state index is 4.34. The Bertz CT molecular complexity index is 493. The third kappa shape index (κ3) is 5.87. The van der Waals surface area contributed by atoms with Crippen LogP contribution in [0.5, 0.6) is 0 Å². The molecule has 1 heterocycles. The lowest BCUT2D eigenvalue weighted by Gasteiger charge is -2.35. The molecule has 23 heavy (non-hydrogen) atoms. The molecule has 4 heteroatoms. The van der Waals surface area contributed by atoms with Crippen molar-refractivity contribution >= 4 is 5.96 Å². The summed E-state index contributed by atoms with van der Waals surface area (Å²) in [6.07, 6.45) is 2.62. The maximum absolute atomic E-state index is 4.34. The Morgan fingerprint density at radius 2 is 2.00 bits per heavy atom. The molecule has 0 bridgehead atoms. The normalized spacial score (nSPS) is 19.9. The molecule has 4 nitrogen and oxygen atoms in total. The number of likely N-dealkylation sites (tertiary alicyclic amines) is 1. The van der Waals surface area contributed by atoms with Crippen molar-refractivity contribution in [3.63, 3.8) is 0 Å². The van der Waals surface area contributed by atoms with Crippen LogP contribution in [0.3, 0.4) is 0 Å². The molecule has 1 aromatic carbocycles. The van der Waals surface area contributed by atoms with E-state index in [1.807, 2.05) is 7.05 Å². The lowest BCUT2D eigenvalue weighted by Crippen LogP contribution is -2.45. The summed E-state index contributed by atoms with van der Waals surface area (Å²) in [5.74, 6) is 1.61. The smallest absolute Gasteiger partial charge is 0.191 e. The largest absolute Gasteiger partial charge is 0.356 e. The van der Waals surface area contributed by atoms with Crippen LogP contribution >= 0.6 is 0 Å². The first kappa shape index (κ1) is 17.8. The number of aryl methyl sites for hydroxylation is 1. The minimum absolute atomic E-state index is 0.650. The first-order valence-corrected chi connectivity index (χ1v) is 8.82. The molecule has 1 aliphatic heterocycles. The van der Waals surface area contributed by atoms with Gasteiger partial charge in [0.15, 0.2) is 5.96 Å². The average Bonchev–Trinajstić information content (AvgIpc) is 2.57. The van der Waals surface area contributed by atoms with Crippen molar-refractivity contribution in [3.8, 4) is 0 Å². The van der Waals surface area contributed by atoms with Gasteiger partial charge in [-0.2, -0.15) is 0 Å². The molecule has 2 rings (SSSR count). The molecule has 1 saturated heterocycles. The highest BCUT2D eigenvalue weighted by Crippen LogP contribution is 2.17. The van der Waals surface area contributed by atoms with Crippen LogP contribution in [0.2, 0.25) is 0 Å². The summed E-state index contributed by atoms with van der Waals surface area (Å²) < 4.78 is 0. The Hall–Kier alpha value is -1.55. The molecular formula is C19H32N4. The second-order valence-corrected chi connectivity index (χ2v) is 6.89. The number of piperidine rings is 1. The van der Waals surface area contributed by atoms with E-state index in [-0.39, 0.29) is 0 Å². The van der Waals surface area contributed by atoms with E-state index in [0.717, 1.165) is 19.0 Å². The Labute approximate surface area is 141 Å². The number of nitrogens with zero attached hydrogens (tertiary/aromatic N) is 2. The van der Waals surface area contributed by atoms with E-state index in [2.05, 4.69) is 65.6 Å². The van der Waals surface area contributed by atoms with Gasteiger partial charge in [0.1, 0.15) is 0 Å². The fourth-order valence-corrected chi connectivity index (χ4v) is 3.09. The minimum Gasteiger partial charge on any atom is -0.356 e. The number of benzene rings is 1. The van der Waals surface area contributed by atoms with Gasteiger partial charge in [-0.25, -0.2) is 0 Å². The van der Waals surface area contributed by atoms with Gasteiger partial charge in [-0.1, -0.05) is 29.8 Å². The average molecular weight is 316 g/mol. The zero-order chi connectivity index (χ0) is 16.7. The van der Waals surface area contributed by atoms with Crippen LogP contribution in [-0.2, 0) is 6.54 Å². The third-order valence-electron chi connectivity index (χ3n) is 4.64. The first-order chi connectivity index (χ1) is 11.1. The number of aliphatic imine (C=N–C) groups is 1. The van der Waals surface area contributed by atoms with Gasteiger partial charge in [0.05, 0.1) is 0 Å². The number of guanidine groups is 1. The highest BCUT2D eigenvalue weighted by Gasteiger charge is 2.21. The topological polar surface area (TPSA) is 39.7 Å².